The van der Waals surface area contributed by atoms with Crippen LogP contribution in [-0.2, 0) is 6.54 Å². The van der Waals surface area contributed by atoms with Crippen LogP contribution in [0.4, 0.5) is 0 Å². The summed E-state index contributed by atoms with van der Waals surface area (Å²) in [7, 11) is 0. The number of aliphatic hydroxyl groups is 1. The first-order chi connectivity index (χ1) is 8.29. The Labute approximate surface area is 107 Å². The number of benzene rings is 1. The third kappa shape index (κ3) is 4.19. The predicted molar refractivity (Wildman–Crippen MR) is 68.5 cm³/mol. The molecule has 0 heterocycles. The number of nitrogens with one attached hydrogen (secondary N) is 1. The van der Waals surface area contributed by atoms with E-state index in [2.05, 4.69) is 5.32 Å². The molecular weight excluding hydrogens is 238 g/mol. The summed E-state index contributed by atoms with van der Waals surface area (Å²) in [4.78, 5) is 0. The maximum atomic E-state index is 8.66. The lowest BCUT2D eigenvalue weighted by atomic mass is 10.2. The minimum atomic E-state index is 0.140. The Kier molecular flexibility index (Phi) is 4.66. The fourth-order valence-corrected chi connectivity index (χ4v) is 1.83. The van der Waals surface area contributed by atoms with Crippen LogP contribution in [0.1, 0.15) is 24.8 Å². The SMILES string of the molecule is OCCCOc1ccc(CNC2CC2)cc1Cl. The van der Waals surface area contributed by atoms with E-state index in [-0.39, 0.29) is 6.61 Å². The van der Waals surface area contributed by atoms with Gasteiger partial charge in [0, 0.05) is 25.6 Å². The van der Waals surface area contributed by atoms with Crippen LogP contribution in [0.5, 0.6) is 5.75 Å². The highest BCUT2D eigenvalue weighted by Crippen LogP contribution is 2.26. The van der Waals surface area contributed by atoms with E-state index < -0.39 is 0 Å². The Morgan fingerprint density at radius 3 is 2.88 bits per heavy atom. The van der Waals surface area contributed by atoms with Crippen molar-refractivity contribution in [2.45, 2.75) is 31.8 Å². The average molecular weight is 256 g/mol. The molecule has 17 heavy (non-hydrogen) atoms. The summed E-state index contributed by atoms with van der Waals surface area (Å²) in [5.41, 5.74) is 1.18. The Balaban J connectivity index is 1.85. The lowest BCUT2D eigenvalue weighted by molar-refractivity contribution is 0.233. The molecule has 3 nitrogen and oxygen atoms in total. The molecule has 1 aliphatic rings. The molecule has 0 saturated heterocycles. The van der Waals surface area contributed by atoms with Crippen LogP contribution in [0.25, 0.3) is 0 Å². The molecule has 2 rings (SSSR count). The summed E-state index contributed by atoms with van der Waals surface area (Å²) in [5.74, 6) is 0.690. The number of hydrogen-bond acceptors (Lipinski definition) is 3. The zero-order chi connectivity index (χ0) is 12.1. The standard InChI is InChI=1S/C13H18ClNO2/c14-12-8-10(9-15-11-3-4-11)2-5-13(12)17-7-1-6-16/h2,5,8,11,15-16H,1,3-4,6-7,9H2. The van der Waals surface area contributed by atoms with Gasteiger partial charge in [0.1, 0.15) is 5.75 Å². The predicted octanol–water partition coefficient (Wildman–Crippen LogP) is 2.35. The van der Waals surface area contributed by atoms with E-state index in [0.717, 1.165) is 6.54 Å². The summed E-state index contributed by atoms with van der Waals surface area (Å²) in [6.07, 6.45) is 3.20. The monoisotopic (exact) mass is 255 g/mol. The average Bonchev–Trinajstić information content (AvgIpc) is 3.13. The molecule has 1 aromatic rings. The van der Waals surface area contributed by atoms with E-state index in [4.69, 9.17) is 21.4 Å². The van der Waals surface area contributed by atoms with E-state index in [1.54, 1.807) is 0 Å². The molecule has 0 bridgehead atoms. The first-order valence-electron chi connectivity index (χ1n) is 6.05. The van der Waals surface area contributed by atoms with Crippen LogP contribution in [0.3, 0.4) is 0 Å². The van der Waals surface area contributed by atoms with E-state index in [0.29, 0.717) is 29.8 Å². The van der Waals surface area contributed by atoms with Gasteiger partial charge in [-0.2, -0.15) is 0 Å². The topological polar surface area (TPSA) is 41.5 Å². The first-order valence-corrected chi connectivity index (χ1v) is 6.43. The number of ether oxygens (including phenoxy) is 1. The van der Waals surface area contributed by atoms with Crippen LogP contribution < -0.4 is 10.1 Å². The van der Waals surface area contributed by atoms with Gasteiger partial charge in [0.2, 0.25) is 0 Å². The molecule has 0 unspecified atom stereocenters. The molecule has 0 spiro atoms. The summed E-state index contributed by atoms with van der Waals surface area (Å²) >= 11 is 6.12. The largest absolute Gasteiger partial charge is 0.492 e. The van der Waals surface area contributed by atoms with Crippen LogP contribution in [0.2, 0.25) is 5.02 Å². The lowest BCUT2D eigenvalue weighted by Gasteiger charge is -2.09. The Hall–Kier alpha value is -0.770. The highest BCUT2D eigenvalue weighted by molar-refractivity contribution is 6.32. The lowest BCUT2D eigenvalue weighted by Crippen LogP contribution is -2.15. The molecule has 0 atom stereocenters. The molecule has 0 aromatic heterocycles. The molecule has 1 aromatic carbocycles. The first kappa shape index (κ1) is 12.7. The van der Waals surface area contributed by atoms with E-state index >= 15 is 0 Å². The van der Waals surface area contributed by atoms with Crippen LogP contribution in [0.15, 0.2) is 18.2 Å². The number of aliphatic hydroxyl groups excluding tert-OH is 1. The number of rotatable bonds is 7. The van der Waals surface area contributed by atoms with Crippen molar-refractivity contribution in [2.75, 3.05) is 13.2 Å². The van der Waals surface area contributed by atoms with Gasteiger partial charge in [-0.1, -0.05) is 17.7 Å². The van der Waals surface area contributed by atoms with Crippen LogP contribution in [-0.4, -0.2) is 24.4 Å². The number of halogens is 1. The van der Waals surface area contributed by atoms with Crippen molar-refractivity contribution in [2.24, 2.45) is 0 Å². The van der Waals surface area contributed by atoms with Gasteiger partial charge in [-0.3, -0.25) is 0 Å². The van der Waals surface area contributed by atoms with Crippen molar-refractivity contribution in [3.8, 4) is 5.75 Å². The summed E-state index contributed by atoms with van der Waals surface area (Å²) < 4.78 is 5.46. The van der Waals surface area contributed by atoms with Crippen molar-refractivity contribution >= 4 is 11.6 Å². The Morgan fingerprint density at radius 1 is 1.41 bits per heavy atom. The van der Waals surface area contributed by atoms with Crippen molar-refractivity contribution < 1.29 is 9.84 Å². The van der Waals surface area contributed by atoms with Gasteiger partial charge in [0.05, 0.1) is 11.6 Å². The number of hydrogen-bond donors (Lipinski definition) is 2. The third-order valence-electron chi connectivity index (χ3n) is 2.73. The van der Waals surface area contributed by atoms with Crippen LogP contribution >= 0.6 is 11.6 Å². The fourth-order valence-electron chi connectivity index (χ4n) is 1.57. The molecular formula is C13H18ClNO2. The van der Waals surface area contributed by atoms with E-state index in [1.165, 1.54) is 18.4 Å². The van der Waals surface area contributed by atoms with Gasteiger partial charge in [-0.05, 0) is 30.5 Å². The van der Waals surface area contributed by atoms with Crippen molar-refractivity contribution in [1.29, 1.82) is 0 Å². The van der Waals surface area contributed by atoms with Gasteiger partial charge >= 0.3 is 0 Å². The maximum Gasteiger partial charge on any atom is 0.137 e. The highest BCUT2D eigenvalue weighted by Gasteiger charge is 2.19. The van der Waals surface area contributed by atoms with E-state index in [1.807, 2.05) is 18.2 Å². The zero-order valence-electron chi connectivity index (χ0n) is 9.79. The van der Waals surface area contributed by atoms with Gasteiger partial charge in [0.25, 0.3) is 0 Å². The highest BCUT2D eigenvalue weighted by atomic mass is 35.5. The molecule has 2 N–H and O–H groups in total. The molecule has 1 fully saturated rings. The minimum Gasteiger partial charge on any atom is -0.492 e. The maximum absolute atomic E-state index is 8.66. The minimum absolute atomic E-state index is 0.140. The molecule has 0 aliphatic heterocycles. The van der Waals surface area contributed by atoms with Crippen molar-refractivity contribution in [3.63, 3.8) is 0 Å². The van der Waals surface area contributed by atoms with Gasteiger partial charge in [-0.25, -0.2) is 0 Å². The van der Waals surface area contributed by atoms with Gasteiger partial charge in [0.15, 0.2) is 0 Å². The Morgan fingerprint density at radius 2 is 2.24 bits per heavy atom. The van der Waals surface area contributed by atoms with E-state index in [9.17, 15) is 0 Å². The van der Waals surface area contributed by atoms with Crippen LogP contribution in [0, 0.1) is 0 Å². The second kappa shape index (κ2) is 6.24. The van der Waals surface area contributed by atoms with Crippen molar-refractivity contribution in [1.82, 2.24) is 5.32 Å². The molecule has 94 valence electrons. The normalized spacial score (nSPS) is 14.9. The molecule has 1 aliphatic carbocycles. The van der Waals surface area contributed by atoms with Crippen molar-refractivity contribution in [3.05, 3.63) is 28.8 Å². The summed E-state index contributed by atoms with van der Waals surface area (Å²) in [6.45, 7) is 1.50. The third-order valence-corrected chi connectivity index (χ3v) is 3.02. The molecule has 1 saturated carbocycles. The quantitative estimate of drug-likeness (QED) is 0.735. The molecule has 0 amide bonds. The summed E-state index contributed by atoms with van der Waals surface area (Å²) in [6, 6.07) is 6.55. The summed E-state index contributed by atoms with van der Waals surface area (Å²) in [5, 5.41) is 12.7. The molecule has 0 radical (unpaired) electrons. The second-order valence-electron chi connectivity index (χ2n) is 4.35. The smallest absolute Gasteiger partial charge is 0.137 e. The second-order valence-corrected chi connectivity index (χ2v) is 4.75. The fraction of sp³-hybridized carbons (Fsp3) is 0.538. The van der Waals surface area contributed by atoms with Gasteiger partial charge in [-0.15, -0.1) is 0 Å². The molecule has 4 heteroatoms. The van der Waals surface area contributed by atoms with Gasteiger partial charge < -0.3 is 15.2 Å². The Bertz CT molecular complexity index is 366. The zero-order valence-corrected chi connectivity index (χ0v) is 10.5.